The number of rotatable bonds is 5. The van der Waals surface area contributed by atoms with E-state index in [-0.39, 0.29) is 11.4 Å². The van der Waals surface area contributed by atoms with Crippen molar-refractivity contribution in [2.45, 2.75) is 6.18 Å². The first kappa shape index (κ1) is 16.7. The summed E-state index contributed by atoms with van der Waals surface area (Å²) in [4.78, 5) is 19.6. The Morgan fingerprint density at radius 2 is 1.96 bits per heavy atom. The predicted octanol–water partition coefficient (Wildman–Crippen LogP) is 2.76. The molecule has 0 aliphatic rings. The largest absolute Gasteiger partial charge is 0.433 e. The lowest BCUT2D eigenvalue weighted by Gasteiger charge is -2.10. The van der Waals surface area contributed by atoms with Crippen LogP contribution in [0.1, 0.15) is 5.69 Å². The summed E-state index contributed by atoms with van der Waals surface area (Å²) in [5, 5.41) is 2.24. The highest BCUT2D eigenvalue weighted by Gasteiger charge is 2.32. The summed E-state index contributed by atoms with van der Waals surface area (Å²) in [6, 6.07) is 7.44. The number of nitrogens with zero attached hydrogens (tertiary/aromatic N) is 1. The van der Waals surface area contributed by atoms with Gasteiger partial charge >= 0.3 is 6.18 Å². The maximum atomic E-state index is 13.2. The van der Waals surface area contributed by atoms with E-state index in [0.717, 1.165) is 6.20 Å². The summed E-state index contributed by atoms with van der Waals surface area (Å²) < 4.78 is 50.7. The highest BCUT2D eigenvalue weighted by atomic mass is 19.4. The first-order valence-corrected chi connectivity index (χ1v) is 6.33. The molecule has 1 heterocycles. The van der Waals surface area contributed by atoms with Gasteiger partial charge in [0, 0.05) is 11.9 Å². The van der Waals surface area contributed by atoms with E-state index in [1.807, 2.05) is 0 Å². The minimum atomic E-state index is -4.60. The van der Waals surface area contributed by atoms with Crippen molar-refractivity contribution < 1.29 is 27.2 Å². The fourth-order valence-electron chi connectivity index (χ4n) is 1.58. The van der Waals surface area contributed by atoms with Gasteiger partial charge in [0.2, 0.25) is 5.91 Å². The topological polar surface area (TPSA) is 63.2 Å². The van der Waals surface area contributed by atoms with Gasteiger partial charge in [-0.1, -0.05) is 12.1 Å². The van der Waals surface area contributed by atoms with Crippen molar-refractivity contribution in [2.24, 2.45) is 0 Å². The predicted molar refractivity (Wildman–Crippen MR) is 72.9 cm³/mol. The van der Waals surface area contributed by atoms with E-state index in [1.165, 1.54) is 30.3 Å². The molecule has 2 aromatic rings. The van der Waals surface area contributed by atoms with Gasteiger partial charge in [0.15, 0.2) is 11.6 Å². The average molecular weight is 329 g/mol. The minimum Gasteiger partial charge on any atom is -0.405 e. The van der Waals surface area contributed by atoms with Gasteiger partial charge in [0.05, 0.1) is 0 Å². The number of alkyl halides is 3. The van der Waals surface area contributed by atoms with Crippen molar-refractivity contribution in [1.29, 1.82) is 0 Å². The SMILES string of the molecule is O=C(CNOc1ccccc1F)Nc1ccnc(C(F)(F)F)c1. The summed E-state index contributed by atoms with van der Waals surface area (Å²) in [7, 11) is 0. The van der Waals surface area contributed by atoms with Crippen LogP contribution >= 0.6 is 0 Å². The van der Waals surface area contributed by atoms with E-state index in [2.05, 4.69) is 15.8 Å². The van der Waals surface area contributed by atoms with E-state index in [4.69, 9.17) is 4.84 Å². The van der Waals surface area contributed by atoms with Gasteiger partial charge in [0.1, 0.15) is 12.2 Å². The number of nitrogens with one attached hydrogen (secondary N) is 2. The number of benzene rings is 1. The van der Waals surface area contributed by atoms with Crippen molar-refractivity contribution in [3.05, 3.63) is 54.1 Å². The van der Waals surface area contributed by atoms with Crippen LogP contribution in [0.4, 0.5) is 23.2 Å². The number of amides is 1. The molecule has 2 rings (SSSR count). The highest BCUT2D eigenvalue weighted by molar-refractivity contribution is 5.92. The zero-order valence-electron chi connectivity index (χ0n) is 11.5. The summed E-state index contributed by atoms with van der Waals surface area (Å²) in [6.45, 7) is -0.391. The molecular formula is C14H11F4N3O2. The van der Waals surface area contributed by atoms with Crippen LogP contribution < -0.4 is 15.6 Å². The fourth-order valence-corrected chi connectivity index (χ4v) is 1.58. The number of hydroxylamine groups is 1. The van der Waals surface area contributed by atoms with Crippen LogP contribution in [0, 0.1) is 5.82 Å². The molecule has 0 unspecified atom stereocenters. The lowest BCUT2D eigenvalue weighted by Crippen LogP contribution is -2.30. The first-order valence-electron chi connectivity index (χ1n) is 6.33. The number of aromatic nitrogens is 1. The molecule has 122 valence electrons. The molecule has 0 spiro atoms. The van der Waals surface area contributed by atoms with Crippen LogP contribution in [-0.4, -0.2) is 17.4 Å². The molecule has 0 radical (unpaired) electrons. The molecule has 1 amide bonds. The Bertz CT molecular complexity index is 692. The van der Waals surface area contributed by atoms with Gasteiger partial charge in [-0.15, -0.1) is 5.48 Å². The summed E-state index contributed by atoms with van der Waals surface area (Å²) in [5.41, 5.74) is 1.03. The number of hydrogen-bond acceptors (Lipinski definition) is 4. The number of para-hydroxylation sites is 1. The third kappa shape index (κ3) is 4.92. The summed E-state index contributed by atoms with van der Waals surface area (Å²) >= 11 is 0. The monoisotopic (exact) mass is 329 g/mol. The third-order valence-corrected chi connectivity index (χ3v) is 2.59. The second-order valence-corrected chi connectivity index (χ2v) is 4.33. The van der Waals surface area contributed by atoms with Crippen LogP contribution in [0.25, 0.3) is 0 Å². The molecule has 9 heteroatoms. The number of carbonyl (C=O) groups is 1. The summed E-state index contributed by atoms with van der Waals surface area (Å²) in [5.74, 6) is -1.39. The van der Waals surface area contributed by atoms with Gasteiger partial charge in [-0.25, -0.2) is 4.39 Å². The molecule has 0 bridgehead atoms. The van der Waals surface area contributed by atoms with Crippen molar-refractivity contribution >= 4 is 11.6 Å². The van der Waals surface area contributed by atoms with Crippen LogP contribution in [0.3, 0.4) is 0 Å². The minimum absolute atomic E-state index is 0.0648. The van der Waals surface area contributed by atoms with E-state index in [9.17, 15) is 22.4 Å². The van der Waals surface area contributed by atoms with E-state index in [1.54, 1.807) is 0 Å². The Kier molecular flexibility index (Phi) is 5.12. The smallest absolute Gasteiger partial charge is 0.405 e. The number of anilines is 1. The first-order chi connectivity index (χ1) is 10.9. The molecule has 0 fully saturated rings. The van der Waals surface area contributed by atoms with E-state index < -0.39 is 30.1 Å². The second-order valence-electron chi connectivity index (χ2n) is 4.33. The molecule has 0 saturated carbocycles. The second kappa shape index (κ2) is 7.05. The van der Waals surface area contributed by atoms with Crippen molar-refractivity contribution in [3.63, 3.8) is 0 Å². The Labute approximate surface area is 128 Å². The Morgan fingerprint density at radius 1 is 1.22 bits per heavy atom. The molecule has 5 nitrogen and oxygen atoms in total. The quantitative estimate of drug-likeness (QED) is 0.654. The molecule has 2 N–H and O–H groups in total. The van der Waals surface area contributed by atoms with Gasteiger partial charge in [-0.05, 0) is 24.3 Å². The Balaban J connectivity index is 1.87. The lowest BCUT2D eigenvalue weighted by atomic mass is 10.3. The molecule has 0 aliphatic carbocycles. The van der Waals surface area contributed by atoms with Crippen LogP contribution in [-0.2, 0) is 11.0 Å². The molecule has 0 atom stereocenters. The van der Waals surface area contributed by atoms with Crippen LogP contribution in [0.2, 0.25) is 0 Å². The molecule has 0 aliphatic heterocycles. The number of carbonyl (C=O) groups excluding carboxylic acids is 1. The zero-order valence-corrected chi connectivity index (χ0v) is 11.5. The third-order valence-electron chi connectivity index (χ3n) is 2.59. The average Bonchev–Trinajstić information content (AvgIpc) is 2.48. The lowest BCUT2D eigenvalue weighted by molar-refractivity contribution is -0.141. The molecule has 0 saturated heterocycles. The normalized spacial score (nSPS) is 11.1. The maximum Gasteiger partial charge on any atom is 0.433 e. The van der Waals surface area contributed by atoms with Gasteiger partial charge in [0.25, 0.3) is 0 Å². The van der Waals surface area contributed by atoms with Crippen LogP contribution in [0.5, 0.6) is 5.75 Å². The van der Waals surface area contributed by atoms with Gasteiger partial charge < -0.3 is 10.2 Å². The van der Waals surface area contributed by atoms with E-state index in [0.29, 0.717) is 6.07 Å². The molecule has 23 heavy (non-hydrogen) atoms. The standard InChI is InChI=1S/C14H11F4N3O2/c15-10-3-1-2-4-11(10)23-20-8-13(22)21-9-5-6-19-12(7-9)14(16,17)18/h1-7,20H,8H2,(H,19,21,22). The van der Waals surface area contributed by atoms with Crippen molar-refractivity contribution in [1.82, 2.24) is 10.5 Å². The maximum absolute atomic E-state index is 13.2. The Hall–Kier alpha value is -2.68. The number of halogens is 4. The number of hydrogen-bond donors (Lipinski definition) is 2. The van der Waals surface area contributed by atoms with Gasteiger partial charge in [-0.2, -0.15) is 13.2 Å². The van der Waals surface area contributed by atoms with Crippen LogP contribution in [0.15, 0.2) is 42.6 Å². The van der Waals surface area contributed by atoms with E-state index >= 15 is 0 Å². The summed E-state index contributed by atoms with van der Waals surface area (Å²) in [6.07, 6.45) is -3.67. The highest BCUT2D eigenvalue weighted by Crippen LogP contribution is 2.28. The number of pyridine rings is 1. The fraction of sp³-hybridized carbons (Fsp3) is 0.143. The Morgan fingerprint density at radius 3 is 2.65 bits per heavy atom. The molecule has 1 aromatic carbocycles. The molecular weight excluding hydrogens is 318 g/mol. The molecule has 1 aromatic heterocycles. The van der Waals surface area contributed by atoms with Gasteiger partial charge in [-0.3, -0.25) is 9.78 Å². The zero-order chi connectivity index (χ0) is 16.9. The van der Waals surface area contributed by atoms with Crippen molar-refractivity contribution in [3.8, 4) is 5.75 Å². The van der Waals surface area contributed by atoms with Crippen molar-refractivity contribution in [2.75, 3.05) is 11.9 Å².